The lowest BCUT2D eigenvalue weighted by Gasteiger charge is -2.22. The lowest BCUT2D eigenvalue weighted by Crippen LogP contribution is -2.36. The fourth-order valence-electron chi connectivity index (χ4n) is 3.03. The van der Waals surface area contributed by atoms with Gasteiger partial charge in [0.25, 0.3) is 0 Å². The monoisotopic (exact) mass is 361 g/mol. The van der Waals surface area contributed by atoms with E-state index in [-0.39, 0.29) is 24.2 Å². The summed E-state index contributed by atoms with van der Waals surface area (Å²) in [6.07, 6.45) is 0.949. The van der Waals surface area contributed by atoms with Gasteiger partial charge in [-0.15, -0.1) is 5.10 Å². The number of fused-ring (bicyclic) bond motifs is 1. The van der Waals surface area contributed by atoms with Crippen LogP contribution < -0.4 is 10.6 Å². The van der Waals surface area contributed by atoms with Crippen LogP contribution in [0.4, 0.5) is 11.6 Å². The van der Waals surface area contributed by atoms with Crippen molar-refractivity contribution >= 4 is 23.5 Å². The minimum atomic E-state index is -0.746. The molecule has 0 fully saturated rings. The van der Waals surface area contributed by atoms with E-state index in [1.807, 2.05) is 54.6 Å². The molecule has 0 unspecified atom stereocenters. The zero-order chi connectivity index (χ0) is 18.8. The maximum atomic E-state index is 12.8. The molecule has 2 N–H and O–H groups in total. The van der Waals surface area contributed by atoms with Gasteiger partial charge in [-0.05, 0) is 24.1 Å². The normalized spacial score (nSPS) is 15.7. The van der Waals surface area contributed by atoms with Crippen molar-refractivity contribution < 1.29 is 9.59 Å². The van der Waals surface area contributed by atoms with E-state index in [1.54, 1.807) is 0 Å². The van der Waals surface area contributed by atoms with Crippen molar-refractivity contribution in [2.24, 2.45) is 0 Å². The quantitative estimate of drug-likeness (QED) is 0.747. The van der Waals surface area contributed by atoms with Gasteiger partial charge in [-0.1, -0.05) is 49.4 Å². The third-order valence-corrected chi connectivity index (χ3v) is 4.52. The van der Waals surface area contributed by atoms with Gasteiger partial charge in [-0.3, -0.25) is 14.9 Å². The van der Waals surface area contributed by atoms with Gasteiger partial charge in [-0.2, -0.15) is 4.98 Å². The average molecular weight is 361 g/mol. The van der Waals surface area contributed by atoms with Gasteiger partial charge in [-0.25, -0.2) is 4.68 Å². The molecule has 1 atom stereocenters. The summed E-state index contributed by atoms with van der Waals surface area (Å²) in [6, 6.07) is 16.4. The summed E-state index contributed by atoms with van der Waals surface area (Å²) in [5, 5.41) is 10.0. The SMILES string of the molecule is CCc1ccc(NC(=O)[C@@H]2CC(=O)Nc3nc(-c4ccccc4)nn32)cc1. The standard InChI is InChI=1S/C20H19N5O2/c1-2-13-8-10-15(11-9-13)21-19(27)16-12-17(26)22-20-23-18(24-25(16)20)14-6-4-3-5-7-14/h3-11,16H,2,12H2,1H3,(H,21,27)(H,22,23,24,26)/t16-/m0/s1. The van der Waals surface area contributed by atoms with Crippen molar-refractivity contribution in [3.63, 3.8) is 0 Å². The maximum absolute atomic E-state index is 12.8. The summed E-state index contributed by atoms with van der Waals surface area (Å²) < 4.78 is 1.49. The molecule has 136 valence electrons. The number of carbonyl (C=O) groups is 2. The predicted molar refractivity (Wildman–Crippen MR) is 102 cm³/mol. The molecule has 1 aliphatic heterocycles. The molecule has 27 heavy (non-hydrogen) atoms. The van der Waals surface area contributed by atoms with Gasteiger partial charge in [0.15, 0.2) is 5.82 Å². The number of carbonyl (C=O) groups excluding carboxylic acids is 2. The Hall–Kier alpha value is -3.48. The van der Waals surface area contributed by atoms with Gasteiger partial charge >= 0.3 is 0 Å². The number of nitrogens with zero attached hydrogens (tertiary/aromatic N) is 3. The first-order valence-electron chi connectivity index (χ1n) is 8.85. The van der Waals surface area contributed by atoms with Gasteiger partial charge in [0.05, 0.1) is 6.42 Å². The Kier molecular flexibility index (Phi) is 4.42. The lowest BCUT2D eigenvalue weighted by atomic mass is 10.1. The number of hydrogen-bond donors (Lipinski definition) is 2. The van der Waals surface area contributed by atoms with Crippen LogP contribution in [0.15, 0.2) is 54.6 Å². The molecule has 2 aromatic carbocycles. The predicted octanol–water partition coefficient (Wildman–Crippen LogP) is 3.03. The Balaban J connectivity index is 1.61. The average Bonchev–Trinajstić information content (AvgIpc) is 3.12. The van der Waals surface area contributed by atoms with Crippen LogP contribution in [0, 0.1) is 0 Å². The second-order valence-corrected chi connectivity index (χ2v) is 6.38. The molecule has 2 amide bonds. The highest BCUT2D eigenvalue weighted by molar-refractivity contribution is 6.00. The first kappa shape index (κ1) is 17.0. The molecular formula is C20H19N5O2. The van der Waals surface area contributed by atoms with Gasteiger partial charge < -0.3 is 5.32 Å². The van der Waals surface area contributed by atoms with Crippen LogP contribution in [-0.2, 0) is 16.0 Å². The number of benzene rings is 2. The third-order valence-electron chi connectivity index (χ3n) is 4.52. The molecule has 7 heteroatoms. The fraction of sp³-hybridized carbons (Fsp3) is 0.200. The van der Waals surface area contributed by atoms with Crippen molar-refractivity contribution in [2.75, 3.05) is 10.6 Å². The second kappa shape index (κ2) is 7.03. The molecule has 7 nitrogen and oxygen atoms in total. The van der Waals surface area contributed by atoms with E-state index in [0.29, 0.717) is 11.5 Å². The smallest absolute Gasteiger partial charge is 0.249 e. The highest BCUT2D eigenvalue weighted by atomic mass is 16.2. The molecule has 2 heterocycles. The number of anilines is 2. The Bertz CT molecular complexity index is 979. The van der Waals surface area contributed by atoms with Gasteiger partial charge in [0.2, 0.25) is 17.8 Å². The van der Waals surface area contributed by atoms with E-state index in [9.17, 15) is 9.59 Å². The molecule has 0 spiro atoms. The van der Waals surface area contributed by atoms with Crippen LogP contribution in [0.2, 0.25) is 0 Å². The van der Waals surface area contributed by atoms with Gasteiger partial charge in [0.1, 0.15) is 6.04 Å². The van der Waals surface area contributed by atoms with E-state index in [2.05, 4.69) is 27.6 Å². The molecular weight excluding hydrogens is 342 g/mol. The van der Waals surface area contributed by atoms with Crippen molar-refractivity contribution in [3.8, 4) is 11.4 Å². The Morgan fingerprint density at radius 2 is 1.93 bits per heavy atom. The molecule has 0 saturated carbocycles. The number of nitrogens with one attached hydrogen (secondary N) is 2. The topological polar surface area (TPSA) is 88.9 Å². The number of amides is 2. The number of rotatable bonds is 4. The molecule has 0 radical (unpaired) electrons. The summed E-state index contributed by atoms with van der Waals surface area (Å²) in [7, 11) is 0. The molecule has 1 aliphatic rings. The number of aryl methyl sites for hydroxylation is 1. The van der Waals surface area contributed by atoms with Crippen LogP contribution >= 0.6 is 0 Å². The van der Waals surface area contributed by atoms with Crippen molar-refractivity contribution in [1.82, 2.24) is 14.8 Å². The van der Waals surface area contributed by atoms with Crippen LogP contribution in [-0.4, -0.2) is 26.6 Å². The van der Waals surface area contributed by atoms with Crippen LogP contribution in [0.5, 0.6) is 0 Å². The number of hydrogen-bond acceptors (Lipinski definition) is 4. The lowest BCUT2D eigenvalue weighted by molar-refractivity contribution is -0.125. The minimum Gasteiger partial charge on any atom is -0.324 e. The van der Waals surface area contributed by atoms with E-state index >= 15 is 0 Å². The van der Waals surface area contributed by atoms with E-state index in [1.165, 1.54) is 10.2 Å². The summed E-state index contributed by atoms with van der Waals surface area (Å²) >= 11 is 0. The fourth-order valence-corrected chi connectivity index (χ4v) is 3.03. The highest BCUT2D eigenvalue weighted by Gasteiger charge is 2.33. The van der Waals surface area contributed by atoms with E-state index in [0.717, 1.165) is 12.0 Å². The first-order valence-corrected chi connectivity index (χ1v) is 8.85. The molecule has 0 aliphatic carbocycles. The Labute approximate surface area is 156 Å². The summed E-state index contributed by atoms with van der Waals surface area (Å²) in [5.74, 6) is 0.209. The first-order chi connectivity index (χ1) is 13.1. The Morgan fingerprint density at radius 1 is 1.19 bits per heavy atom. The van der Waals surface area contributed by atoms with Crippen molar-refractivity contribution in [1.29, 1.82) is 0 Å². The minimum absolute atomic E-state index is 0.0173. The van der Waals surface area contributed by atoms with Crippen LogP contribution in [0.1, 0.15) is 24.9 Å². The zero-order valence-corrected chi connectivity index (χ0v) is 14.8. The summed E-state index contributed by atoms with van der Waals surface area (Å²) in [5.41, 5.74) is 2.70. The molecule has 1 aromatic heterocycles. The van der Waals surface area contributed by atoms with E-state index < -0.39 is 6.04 Å². The maximum Gasteiger partial charge on any atom is 0.249 e. The van der Waals surface area contributed by atoms with Gasteiger partial charge in [0, 0.05) is 11.3 Å². The highest BCUT2D eigenvalue weighted by Crippen LogP contribution is 2.27. The van der Waals surface area contributed by atoms with Crippen LogP contribution in [0.25, 0.3) is 11.4 Å². The zero-order valence-electron chi connectivity index (χ0n) is 14.8. The summed E-state index contributed by atoms with van der Waals surface area (Å²) in [4.78, 5) is 29.2. The Morgan fingerprint density at radius 3 is 2.63 bits per heavy atom. The third kappa shape index (κ3) is 3.44. The molecule has 4 rings (SSSR count). The van der Waals surface area contributed by atoms with Crippen molar-refractivity contribution in [3.05, 3.63) is 60.2 Å². The van der Waals surface area contributed by atoms with Crippen LogP contribution in [0.3, 0.4) is 0 Å². The van der Waals surface area contributed by atoms with Crippen molar-refractivity contribution in [2.45, 2.75) is 25.8 Å². The number of aromatic nitrogens is 3. The molecule has 3 aromatic rings. The van der Waals surface area contributed by atoms with E-state index in [4.69, 9.17) is 0 Å². The summed E-state index contributed by atoms with van der Waals surface area (Å²) in [6.45, 7) is 2.07. The largest absolute Gasteiger partial charge is 0.324 e. The second-order valence-electron chi connectivity index (χ2n) is 6.38. The molecule has 0 bridgehead atoms. The molecule has 0 saturated heterocycles.